The Morgan fingerprint density at radius 3 is 2.56 bits per heavy atom. The summed E-state index contributed by atoms with van der Waals surface area (Å²) in [6, 6.07) is 9.21. The van der Waals surface area contributed by atoms with Gasteiger partial charge in [-0.3, -0.25) is 4.90 Å². The molecule has 0 amide bonds. The summed E-state index contributed by atoms with van der Waals surface area (Å²) in [4.78, 5) is 2.55. The van der Waals surface area contributed by atoms with Crippen LogP contribution in [0.5, 0.6) is 0 Å². The summed E-state index contributed by atoms with van der Waals surface area (Å²) >= 11 is 0. The molecule has 100 valence electrons. The summed E-state index contributed by atoms with van der Waals surface area (Å²) in [5.74, 6) is 0.873. The summed E-state index contributed by atoms with van der Waals surface area (Å²) in [7, 11) is 0. The Morgan fingerprint density at radius 2 is 2.00 bits per heavy atom. The maximum absolute atomic E-state index is 6.41. The van der Waals surface area contributed by atoms with Crippen molar-refractivity contribution in [2.45, 2.75) is 45.7 Å². The van der Waals surface area contributed by atoms with Gasteiger partial charge in [0.1, 0.15) is 0 Å². The number of nitrogens with zero attached hydrogens (tertiary/aromatic N) is 1. The van der Waals surface area contributed by atoms with E-state index in [0.717, 1.165) is 5.92 Å². The lowest BCUT2D eigenvalue weighted by Crippen LogP contribution is -2.39. The van der Waals surface area contributed by atoms with Gasteiger partial charge in [-0.2, -0.15) is 0 Å². The smallest absolute Gasteiger partial charge is 0.0450 e. The van der Waals surface area contributed by atoms with E-state index < -0.39 is 0 Å². The van der Waals surface area contributed by atoms with Gasteiger partial charge in [0.2, 0.25) is 0 Å². The second-order valence-corrected chi connectivity index (χ2v) is 5.73. The van der Waals surface area contributed by atoms with E-state index in [1.165, 1.54) is 37.1 Å². The molecule has 18 heavy (non-hydrogen) atoms. The van der Waals surface area contributed by atoms with E-state index >= 15 is 0 Å². The third-order valence-electron chi connectivity index (χ3n) is 4.45. The molecule has 2 rings (SSSR count). The maximum atomic E-state index is 6.41. The third-order valence-corrected chi connectivity index (χ3v) is 4.45. The summed E-state index contributed by atoms with van der Waals surface area (Å²) in [5, 5.41) is 0. The van der Waals surface area contributed by atoms with E-state index in [4.69, 9.17) is 5.73 Å². The molecule has 2 nitrogen and oxygen atoms in total. The molecule has 1 aromatic rings. The average Bonchev–Trinajstić information content (AvgIpc) is 2.86. The minimum atomic E-state index is 0.126. The first-order valence-electron chi connectivity index (χ1n) is 7.18. The van der Waals surface area contributed by atoms with Crippen molar-refractivity contribution in [2.75, 3.05) is 13.1 Å². The van der Waals surface area contributed by atoms with E-state index in [-0.39, 0.29) is 6.04 Å². The van der Waals surface area contributed by atoms with E-state index in [1.807, 2.05) is 0 Å². The van der Waals surface area contributed by atoms with Crippen LogP contribution in [0.1, 0.15) is 43.9 Å². The SMILES string of the molecule is CCC1CCN(C(C)C(N)c2ccc(C)cc2)C1. The Balaban J connectivity index is 2.00. The second kappa shape index (κ2) is 5.85. The molecule has 1 aromatic carbocycles. The zero-order valence-electron chi connectivity index (χ0n) is 11.9. The van der Waals surface area contributed by atoms with Crippen molar-refractivity contribution < 1.29 is 0 Å². The Bertz CT molecular complexity index is 371. The molecule has 0 aromatic heterocycles. The Hall–Kier alpha value is -0.860. The number of rotatable bonds is 4. The third kappa shape index (κ3) is 2.93. The highest BCUT2D eigenvalue weighted by Crippen LogP contribution is 2.26. The molecule has 0 spiro atoms. The van der Waals surface area contributed by atoms with Gasteiger partial charge in [-0.05, 0) is 38.3 Å². The van der Waals surface area contributed by atoms with Gasteiger partial charge in [0.15, 0.2) is 0 Å². The highest BCUT2D eigenvalue weighted by molar-refractivity contribution is 5.24. The van der Waals surface area contributed by atoms with Gasteiger partial charge in [-0.1, -0.05) is 43.2 Å². The van der Waals surface area contributed by atoms with Crippen molar-refractivity contribution in [3.8, 4) is 0 Å². The monoisotopic (exact) mass is 246 g/mol. The van der Waals surface area contributed by atoms with Crippen molar-refractivity contribution in [1.29, 1.82) is 0 Å². The molecule has 1 aliphatic heterocycles. The predicted octanol–water partition coefficient (Wildman–Crippen LogP) is 3.12. The zero-order valence-corrected chi connectivity index (χ0v) is 11.9. The minimum Gasteiger partial charge on any atom is -0.323 e. The van der Waals surface area contributed by atoms with Gasteiger partial charge in [-0.15, -0.1) is 0 Å². The number of hydrogen-bond donors (Lipinski definition) is 1. The molecule has 0 aliphatic carbocycles. The summed E-state index contributed by atoms with van der Waals surface area (Å²) < 4.78 is 0. The van der Waals surface area contributed by atoms with Crippen molar-refractivity contribution in [3.05, 3.63) is 35.4 Å². The summed E-state index contributed by atoms with van der Waals surface area (Å²) in [6.07, 6.45) is 2.63. The standard InChI is InChI=1S/C16H26N2/c1-4-14-9-10-18(11-14)13(3)16(17)15-7-5-12(2)6-8-15/h5-8,13-14,16H,4,9-11,17H2,1-3H3. The molecule has 2 heteroatoms. The van der Waals surface area contributed by atoms with Crippen molar-refractivity contribution in [3.63, 3.8) is 0 Å². The lowest BCUT2D eigenvalue weighted by atomic mass is 9.99. The molecule has 1 saturated heterocycles. The quantitative estimate of drug-likeness (QED) is 0.884. The summed E-state index contributed by atoms with van der Waals surface area (Å²) in [5.41, 5.74) is 8.97. The fourth-order valence-corrected chi connectivity index (χ4v) is 2.86. The molecular formula is C16H26N2. The fraction of sp³-hybridized carbons (Fsp3) is 0.625. The number of nitrogens with two attached hydrogens (primary N) is 1. The molecule has 3 unspecified atom stereocenters. The molecule has 1 fully saturated rings. The normalized spacial score (nSPS) is 24.1. The Morgan fingerprint density at radius 1 is 1.33 bits per heavy atom. The number of benzene rings is 1. The maximum Gasteiger partial charge on any atom is 0.0450 e. The van der Waals surface area contributed by atoms with Gasteiger partial charge < -0.3 is 5.73 Å². The molecule has 2 N–H and O–H groups in total. The van der Waals surface area contributed by atoms with Crippen LogP contribution in [0.15, 0.2) is 24.3 Å². The Kier molecular flexibility index (Phi) is 4.41. The molecule has 1 aliphatic rings. The van der Waals surface area contributed by atoms with Crippen LogP contribution in [0, 0.1) is 12.8 Å². The van der Waals surface area contributed by atoms with Gasteiger partial charge in [0, 0.05) is 18.6 Å². The topological polar surface area (TPSA) is 29.3 Å². The van der Waals surface area contributed by atoms with Crippen LogP contribution < -0.4 is 5.73 Å². The zero-order chi connectivity index (χ0) is 13.1. The largest absolute Gasteiger partial charge is 0.323 e. The first-order chi connectivity index (χ1) is 8.61. The number of aryl methyl sites for hydroxylation is 1. The van der Waals surface area contributed by atoms with Crippen LogP contribution >= 0.6 is 0 Å². The average molecular weight is 246 g/mol. The number of likely N-dealkylation sites (tertiary alicyclic amines) is 1. The molecule has 3 atom stereocenters. The summed E-state index contributed by atoms with van der Waals surface area (Å²) in [6.45, 7) is 9.10. The van der Waals surface area contributed by atoms with E-state index in [0.29, 0.717) is 6.04 Å². The Labute approximate surface area is 111 Å². The van der Waals surface area contributed by atoms with Crippen molar-refractivity contribution in [1.82, 2.24) is 4.90 Å². The van der Waals surface area contributed by atoms with E-state index in [9.17, 15) is 0 Å². The van der Waals surface area contributed by atoms with E-state index in [2.05, 4.69) is 49.9 Å². The molecule has 0 radical (unpaired) electrons. The van der Waals surface area contributed by atoms with Crippen LogP contribution in [0.2, 0.25) is 0 Å². The van der Waals surface area contributed by atoms with Crippen LogP contribution in [-0.2, 0) is 0 Å². The molecular weight excluding hydrogens is 220 g/mol. The first-order valence-corrected chi connectivity index (χ1v) is 7.18. The lowest BCUT2D eigenvalue weighted by Gasteiger charge is -2.30. The first kappa shape index (κ1) is 13.6. The second-order valence-electron chi connectivity index (χ2n) is 5.73. The van der Waals surface area contributed by atoms with Crippen LogP contribution in [-0.4, -0.2) is 24.0 Å². The van der Waals surface area contributed by atoms with Crippen molar-refractivity contribution >= 4 is 0 Å². The highest BCUT2D eigenvalue weighted by Gasteiger charge is 2.28. The van der Waals surface area contributed by atoms with Gasteiger partial charge in [0.05, 0.1) is 0 Å². The molecule has 0 saturated carbocycles. The predicted molar refractivity (Wildman–Crippen MR) is 77.5 cm³/mol. The van der Waals surface area contributed by atoms with Gasteiger partial charge in [-0.25, -0.2) is 0 Å². The van der Waals surface area contributed by atoms with E-state index in [1.54, 1.807) is 0 Å². The molecule has 1 heterocycles. The van der Waals surface area contributed by atoms with Crippen LogP contribution in [0.3, 0.4) is 0 Å². The fourth-order valence-electron chi connectivity index (χ4n) is 2.86. The van der Waals surface area contributed by atoms with Crippen LogP contribution in [0.4, 0.5) is 0 Å². The lowest BCUT2D eigenvalue weighted by molar-refractivity contribution is 0.218. The van der Waals surface area contributed by atoms with Gasteiger partial charge in [0.25, 0.3) is 0 Å². The molecule has 0 bridgehead atoms. The van der Waals surface area contributed by atoms with Crippen LogP contribution in [0.25, 0.3) is 0 Å². The van der Waals surface area contributed by atoms with Gasteiger partial charge >= 0.3 is 0 Å². The highest BCUT2D eigenvalue weighted by atomic mass is 15.2. The number of hydrogen-bond acceptors (Lipinski definition) is 2. The van der Waals surface area contributed by atoms with Crippen molar-refractivity contribution in [2.24, 2.45) is 11.7 Å². The minimum absolute atomic E-state index is 0.126.